The zero-order valence-electron chi connectivity index (χ0n) is 34.3. The quantitative estimate of drug-likeness (QED) is 0.0678. The van der Waals surface area contributed by atoms with E-state index in [1.165, 1.54) is 0 Å². The highest BCUT2D eigenvalue weighted by Gasteiger charge is 2.57. The predicted molar refractivity (Wildman–Crippen MR) is 198 cm³/mol. The summed E-state index contributed by atoms with van der Waals surface area (Å²) in [7, 11) is 0. The molecular formula is C36H59FN6O17. The number of halogens is 1. The van der Waals surface area contributed by atoms with Crippen LogP contribution in [0.4, 0.5) is 4.39 Å². The van der Waals surface area contributed by atoms with Crippen molar-refractivity contribution in [2.45, 2.75) is 164 Å². The topological polar surface area (TPSA) is 360 Å². The molecule has 4 fully saturated rings. The van der Waals surface area contributed by atoms with Gasteiger partial charge >= 0.3 is 35.8 Å². The summed E-state index contributed by atoms with van der Waals surface area (Å²) in [6.07, 6.45) is -19.2. The van der Waals surface area contributed by atoms with Crippen molar-refractivity contribution in [3.63, 3.8) is 0 Å². The normalized spacial score (nSPS) is 40.5. The predicted octanol–water partition coefficient (Wildman–Crippen LogP) is -3.83. The maximum Gasteiger partial charge on any atom is 0.303 e. The van der Waals surface area contributed by atoms with E-state index in [9.17, 15) is 28.8 Å². The minimum absolute atomic E-state index is 0.0800. The van der Waals surface area contributed by atoms with Crippen molar-refractivity contribution in [3.8, 4) is 0 Å². The van der Waals surface area contributed by atoms with Crippen molar-refractivity contribution in [1.82, 2.24) is 0 Å². The van der Waals surface area contributed by atoms with Crippen molar-refractivity contribution < 1.29 is 85.3 Å². The fourth-order valence-electron chi connectivity index (χ4n) is 8.05. The summed E-state index contributed by atoms with van der Waals surface area (Å²) in [5.41, 5.74) is 37.9. The first-order valence-corrected chi connectivity index (χ1v) is 19.5. The molecular weight excluding hydrogens is 807 g/mol. The SMILES string of the molecule is CC(=O)OC[C@H]1O[C@@H](O[C@H]2[C@H](C[C@H]3O[C@H](CN)[C@H](OC(C)=O)[C@H](F)[C@H]3N)[C@@H](N)C[C@@H](N)[C@@H]2OC(C)=O)[C@H](OC(C)=O)[C@@H]1O[C@H]1O[C@@H](CN)[C@@H](OC(C)=O)[C@H](OC(C)=O)[C@H]1N. The van der Waals surface area contributed by atoms with Crippen molar-refractivity contribution in [3.05, 3.63) is 0 Å². The lowest BCUT2D eigenvalue weighted by Crippen LogP contribution is -2.66. The highest BCUT2D eigenvalue weighted by atomic mass is 19.1. The molecule has 0 aromatic rings. The molecule has 3 aliphatic heterocycles. The number of alkyl halides is 1. The number of hydrogen-bond donors (Lipinski definition) is 6. The van der Waals surface area contributed by atoms with E-state index < -0.39 is 158 Å². The summed E-state index contributed by atoms with van der Waals surface area (Å²) in [6, 6.07) is -4.47. The molecule has 4 aliphatic rings. The van der Waals surface area contributed by atoms with Crippen LogP contribution in [0.2, 0.25) is 0 Å². The zero-order chi connectivity index (χ0) is 44.7. The van der Waals surface area contributed by atoms with Gasteiger partial charge in [0.15, 0.2) is 43.2 Å². The Morgan fingerprint density at radius 3 is 1.55 bits per heavy atom. The zero-order valence-corrected chi connectivity index (χ0v) is 34.3. The smallest absolute Gasteiger partial charge is 0.303 e. The van der Waals surface area contributed by atoms with Crippen LogP contribution in [0.1, 0.15) is 54.4 Å². The second-order valence-electron chi connectivity index (χ2n) is 15.2. The van der Waals surface area contributed by atoms with Crippen molar-refractivity contribution in [2.75, 3.05) is 19.7 Å². The van der Waals surface area contributed by atoms with Crippen LogP contribution in [0.3, 0.4) is 0 Å². The van der Waals surface area contributed by atoms with Gasteiger partial charge < -0.3 is 86.5 Å². The first kappa shape index (κ1) is 49.0. The summed E-state index contributed by atoms with van der Waals surface area (Å²) >= 11 is 0. The van der Waals surface area contributed by atoms with Crippen LogP contribution in [0.15, 0.2) is 0 Å². The van der Waals surface area contributed by atoms with Gasteiger partial charge in [0.05, 0.1) is 18.2 Å². The number of hydrogen-bond acceptors (Lipinski definition) is 23. The Morgan fingerprint density at radius 2 is 1.00 bits per heavy atom. The molecule has 0 aromatic carbocycles. The van der Waals surface area contributed by atoms with Crippen molar-refractivity contribution >= 4 is 35.8 Å². The van der Waals surface area contributed by atoms with Gasteiger partial charge in [-0.15, -0.1) is 0 Å². The third-order valence-electron chi connectivity index (χ3n) is 10.6. The minimum Gasteiger partial charge on any atom is -0.463 e. The third-order valence-corrected chi connectivity index (χ3v) is 10.6. The highest BCUT2D eigenvalue weighted by Crippen LogP contribution is 2.40. The molecule has 0 radical (unpaired) electrons. The molecule has 12 N–H and O–H groups in total. The maximum absolute atomic E-state index is 15.8. The monoisotopic (exact) mass is 866 g/mol. The molecule has 342 valence electrons. The number of nitrogens with two attached hydrogens (primary N) is 6. The summed E-state index contributed by atoms with van der Waals surface area (Å²) in [6.45, 7) is 5.70. The van der Waals surface area contributed by atoms with Gasteiger partial charge in [-0.05, 0) is 12.8 Å². The average Bonchev–Trinajstić information content (AvgIpc) is 3.45. The number of rotatable bonds is 15. The van der Waals surface area contributed by atoms with E-state index in [0.717, 1.165) is 41.5 Å². The molecule has 60 heavy (non-hydrogen) atoms. The second kappa shape index (κ2) is 21.4. The Balaban J connectivity index is 1.73. The molecule has 0 aromatic heterocycles. The summed E-state index contributed by atoms with van der Waals surface area (Å²) in [5.74, 6) is -5.50. The van der Waals surface area contributed by atoms with Gasteiger partial charge in [-0.1, -0.05) is 0 Å². The first-order valence-electron chi connectivity index (χ1n) is 19.5. The average molecular weight is 867 g/mol. The summed E-state index contributed by atoms with van der Waals surface area (Å²) in [5, 5.41) is 0. The van der Waals surface area contributed by atoms with Gasteiger partial charge in [0.2, 0.25) is 0 Å². The van der Waals surface area contributed by atoms with Crippen molar-refractivity contribution in [2.24, 2.45) is 40.3 Å². The van der Waals surface area contributed by atoms with E-state index in [2.05, 4.69) is 0 Å². The van der Waals surface area contributed by atoms with Crippen LogP contribution in [0.25, 0.3) is 0 Å². The lowest BCUT2D eigenvalue weighted by Gasteiger charge is -2.48. The van der Waals surface area contributed by atoms with E-state index in [1.807, 2.05) is 0 Å². The molecule has 24 heteroatoms. The Labute approximate surface area is 345 Å². The molecule has 0 bridgehead atoms. The lowest BCUT2D eigenvalue weighted by molar-refractivity contribution is -0.286. The standard InChI is InChI=1S/C36H59FN6O17/c1-12(44)50-11-24-32(60-35-27(43)33(54-16(5)48)31(53-15(4)47)23(10-39)57-35)34(55-17(6)49)36(58-24)59-28-18(19(40)8-20(41)29(28)51-13(2)45)7-21-26(42)25(37)30(52-14(3)46)22(9-38)56-21/h18-36H,7-11,38-43H2,1-6H3/t18-,19+,20-,21-,22-,23+,24-,25-,26+,27-,28+,29+,30+,31-,32-,33-,34-,35-,36+/m1/s1. The summed E-state index contributed by atoms with van der Waals surface area (Å²) in [4.78, 5) is 73.2. The van der Waals surface area contributed by atoms with Gasteiger partial charge in [0.25, 0.3) is 0 Å². The van der Waals surface area contributed by atoms with Crippen LogP contribution in [0.5, 0.6) is 0 Å². The lowest BCUT2D eigenvalue weighted by atomic mass is 9.74. The van der Waals surface area contributed by atoms with Crippen LogP contribution in [0, 0.1) is 5.92 Å². The molecule has 1 saturated carbocycles. The van der Waals surface area contributed by atoms with Gasteiger partial charge in [-0.3, -0.25) is 28.8 Å². The van der Waals surface area contributed by atoms with Gasteiger partial charge in [0.1, 0.15) is 43.2 Å². The molecule has 23 nitrogen and oxygen atoms in total. The van der Waals surface area contributed by atoms with E-state index in [1.54, 1.807) is 0 Å². The van der Waals surface area contributed by atoms with Crippen molar-refractivity contribution in [1.29, 1.82) is 0 Å². The molecule has 1 aliphatic carbocycles. The molecule has 3 heterocycles. The number of ether oxygens (including phenoxy) is 11. The Hall–Kier alpha value is -3.69. The molecule has 0 amide bonds. The fourth-order valence-corrected chi connectivity index (χ4v) is 8.05. The first-order chi connectivity index (χ1) is 28.2. The Morgan fingerprint density at radius 1 is 0.517 bits per heavy atom. The van der Waals surface area contributed by atoms with E-state index >= 15 is 4.39 Å². The van der Waals surface area contributed by atoms with Crippen LogP contribution >= 0.6 is 0 Å². The number of esters is 6. The van der Waals surface area contributed by atoms with Crippen LogP contribution < -0.4 is 34.4 Å². The molecule has 19 atom stereocenters. The van der Waals surface area contributed by atoms with Gasteiger partial charge in [0, 0.05) is 72.6 Å². The minimum atomic E-state index is -1.91. The van der Waals surface area contributed by atoms with Gasteiger partial charge in [-0.25, -0.2) is 4.39 Å². The maximum atomic E-state index is 15.8. The largest absolute Gasteiger partial charge is 0.463 e. The van der Waals surface area contributed by atoms with E-state index in [-0.39, 0.29) is 25.9 Å². The molecule has 3 saturated heterocycles. The molecule has 0 spiro atoms. The Kier molecular flexibility index (Phi) is 17.5. The fraction of sp³-hybridized carbons (Fsp3) is 0.833. The highest BCUT2D eigenvalue weighted by molar-refractivity contribution is 5.68. The number of carbonyl (C=O) groups excluding carboxylic acids is 6. The molecule has 0 unspecified atom stereocenters. The number of carbonyl (C=O) groups is 6. The molecule has 4 rings (SSSR count). The van der Waals surface area contributed by atoms with E-state index in [0.29, 0.717) is 0 Å². The van der Waals surface area contributed by atoms with Gasteiger partial charge in [-0.2, -0.15) is 0 Å². The van der Waals surface area contributed by atoms with Crippen LogP contribution in [-0.4, -0.2) is 166 Å². The van der Waals surface area contributed by atoms with Crippen LogP contribution in [-0.2, 0) is 80.9 Å². The second-order valence-corrected chi connectivity index (χ2v) is 15.2. The third kappa shape index (κ3) is 12.0. The summed E-state index contributed by atoms with van der Waals surface area (Å²) < 4.78 is 79.7. The van der Waals surface area contributed by atoms with E-state index in [4.69, 9.17) is 86.5 Å². The Bertz CT molecular complexity index is 1530.